The van der Waals surface area contributed by atoms with E-state index < -0.39 is 17.4 Å². The standard InChI is InChI=1S/C22H16F2N2O/c1-14-11-19(15(2)26(14)21-6-4-3-5-20(21)24)22(27)17(13-25)12-16-7-9-18(23)10-8-16/h3-12H,1-2H3/b17-12+. The highest BCUT2D eigenvalue weighted by Crippen LogP contribution is 2.25. The Morgan fingerprint density at radius 2 is 1.74 bits per heavy atom. The topological polar surface area (TPSA) is 45.8 Å². The van der Waals surface area contributed by atoms with E-state index in [2.05, 4.69) is 0 Å². The minimum atomic E-state index is -0.461. The molecule has 134 valence electrons. The van der Waals surface area contributed by atoms with Gasteiger partial charge >= 0.3 is 0 Å². The molecule has 0 N–H and O–H groups in total. The first kappa shape index (κ1) is 18.3. The number of rotatable bonds is 4. The van der Waals surface area contributed by atoms with Gasteiger partial charge in [0.25, 0.3) is 0 Å². The first-order chi connectivity index (χ1) is 12.9. The number of halogens is 2. The second-order valence-electron chi connectivity index (χ2n) is 6.12. The van der Waals surface area contributed by atoms with Crippen LogP contribution >= 0.6 is 0 Å². The molecular weight excluding hydrogens is 346 g/mol. The fourth-order valence-corrected chi connectivity index (χ4v) is 3.02. The fraction of sp³-hybridized carbons (Fsp3) is 0.0909. The predicted octanol–water partition coefficient (Wildman–Crippen LogP) is 5.16. The number of benzene rings is 2. The normalized spacial score (nSPS) is 11.3. The number of para-hydroxylation sites is 1. The molecule has 0 aliphatic rings. The molecule has 0 aliphatic heterocycles. The lowest BCUT2D eigenvalue weighted by Crippen LogP contribution is -2.06. The molecule has 0 unspecified atom stereocenters. The molecular formula is C22H16F2N2O. The molecule has 0 aliphatic carbocycles. The zero-order valence-electron chi connectivity index (χ0n) is 14.8. The Morgan fingerprint density at radius 1 is 1.07 bits per heavy atom. The van der Waals surface area contributed by atoms with Crippen molar-refractivity contribution < 1.29 is 13.6 Å². The van der Waals surface area contributed by atoms with Crippen molar-refractivity contribution in [3.8, 4) is 11.8 Å². The van der Waals surface area contributed by atoms with Crippen LogP contribution in [0.3, 0.4) is 0 Å². The van der Waals surface area contributed by atoms with Crippen molar-refractivity contribution in [2.45, 2.75) is 13.8 Å². The smallest absolute Gasteiger partial charge is 0.205 e. The number of aryl methyl sites for hydroxylation is 1. The second kappa shape index (κ2) is 7.38. The number of ketones is 1. The molecule has 3 rings (SSSR count). The summed E-state index contributed by atoms with van der Waals surface area (Å²) in [6.45, 7) is 3.48. The van der Waals surface area contributed by atoms with Crippen LogP contribution in [0.1, 0.15) is 27.3 Å². The quantitative estimate of drug-likeness (QED) is 0.365. The maximum absolute atomic E-state index is 14.2. The molecule has 1 aromatic heterocycles. The van der Waals surface area contributed by atoms with Crippen LogP contribution in [0, 0.1) is 36.8 Å². The summed E-state index contributed by atoms with van der Waals surface area (Å²) in [6.07, 6.45) is 1.41. The van der Waals surface area contributed by atoms with Crippen molar-refractivity contribution in [3.63, 3.8) is 0 Å². The summed E-state index contributed by atoms with van der Waals surface area (Å²) in [7, 11) is 0. The first-order valence-electron chi connectivity index (χ1n) is 8.28. The van der Waals surface area contributed by atoms with E-state index in [9.17, 15) is 18.8 Å². The van der Waals surface area contributed by atoms with E-state index >= 15 is 0 Å². The molecule has 0 fully saturated rings. The molecule has 0 saturated heterocycles. The third-order valence-corrected chi connectivity index (χ3v) is 4.32. The average Bonchev–Trinajstić information content (AvgIpc) is 2.95. The predicted molar refractivity (Wildman–Crippen MR) is 99.5 cm³/mol. The highest BCUT2D eigenvalue weighted by Gasteiger charge is 2.21. The fourth-order valence-electron chi connectivity index (χ4n) is 3.02. The van der Waals surface area contributed by atoms with E-state index in [1.165, 1.54) is 36.4 Å². The van der Waals surface area contributed by atoms with E-state index in [0.717, 1.165) is 0 Å². The Morgan fingerprint density at radius 3 is 2.37 bits per heavy atom. The van der Waals surface area contributed by atoms with Crippen molar-refractivity contribution in [2.24, 2.45) is 0 Å². The molecule has 3 aromatic rings. The van der Waals surface area contributed by atoms with E-state index in [4.69, 9.17) is 0 Å². The van der Waals surface area contributed by atoms with Gasteiger partial charge in [-0.2, -0.15) is 5.26 Å². The van der Waals surface area contributed by atoms with Crippen LogP contribution in [-0.2, 0) is 0 Å². The van der Waals surface area contributed by atoms with E-state index in [-0.39, 0.29) is 5.57 Å². The van der Waals surface area contributed by atoms with Crippen LogP contribution < -0.4 is 0 Å². The number of carbonyl (C=O) groups excluding carboxylic acids is 1. The van der Waals surface area contributed by atoms with Crippen LogP contribution in [0.4, 0.5) is 8.78 Å². The second-order valence-corrected chi connectivity index (χ2v) is 6.12. The summed E-state index contributed by atoms with van der Waals surface area (Å²) in [5.41, 5.74) is 2.36. The molecule has 2 aromatic carbocycles. The van der Waals surface area contributed by atoms with Gasteiger partial charge in [0.05, 0.1) is 5.69 Å². The van der Waals surface area contributed by atoms with Crippen LogP contribution in [0.2, 0.25) is 0 Å². The largest absolute Gasteiger partial charge is 0.315 e. The number of hydrogen-bond donors (Lipinski definition) is 0. The van der Waals surface area contributed by atoms with Gasteiger partial charge in [-0.3, -0.25) is 4.79 Å². The molecule has 27 heavy (non-hydrogen) atoms. The first-order valence-corrected chi connectivity index (χ1v) is 8.28. The summed E-state index contributed by atoms with van der Waals surface area (Å²) in [5, 5.41) is 9.42. The number of hydrogen-bond acceptors (Lipinski definition) is 2. The van der Waals surface area contributed by atoms with Crippen molar-refractivity contribution in [3.05, 3.63) is 94.3 Å². The van der Waals surface area contributed by atoms with Gasteiger partial charge in [0.15, 0.2) is 0 Å². The van der Waals surface area contributed by atoms with Gasteiger partial charge in [-0.05, 0) is 55.8 Å². The van der Waals surface area contributed by atoms with Crippen molar-refractivity contribution in [1.29, 1.82) is 5.26 Å². The summed E-state index contributed by atoms with van der Waals surface area (Å²) in [6, 6.07) is 15.3. The minimum absolute atomic E-state index is 0.0737. The Balaban J connectivity index is 2.05. The Bertz CT molecular complexity index is 1090. The van der Waals surface area contributed by atoms with Crippen LogP contribution in [0.15, 0.2) is 60.2 Å². The Kier molecular flexibility index (Phi) is 5.00. The maximum Gasteiger partial charge on any atom is 0.205 e. The van der Waals surface area contributed by atoms with Crippen molar-refractivity contribution >= 4 is 11.9 Å². The molecule has 0 spiro atoms. The Hall–Kier alpha value is -3.52. The van der Waals surface area contributed by atoms with Crippen LogP contribution in [0.25, 0.3) is 11.8 Å². The molecule has 1 heterocycles. The minimum Gasteiger partial charge on any atom is -0.315 e. The van der Waals surface area contributed by atoms with Gasteiger partial charge in [0, 0.05) is 17.0 Å². The molecule has 0 amide bonds. The summed E-state index contributed by atoms with van der Waals surface area (Å²) in [4.78, 5) is 12.9. The number of allylic oxidation sites excluding steroid dienone is 1. The number of aromatic nitrogens is 1. The molecule has 5 heteroatoms. The molecule has 0 atom stereocenters. The average molecular weight is 362 g/mol. The zero-order valence-corrected chi connectivity index (χ0v) is 14.8. The molecule has 0 radical (unpaired) electrons. The van der Waals surface area contributed by atoms with Gasteiger partial charge in [0.2, 0.25) is 5.78 Å². The number of carbonyl (C=O) groups is 1. The number of nitrogens with zero attached hydrogens (tertiary/aromatic N) is 2. The highest BCUT2D eigenvalue weighted by atomic mass is 19.1. The third kappa shape index (κ3) is 3.56. The lowest BCUT2D eigenvalue weighted by molar-refractivity contribution is 0.103. The maximum atomic E-state index is 14.2. The van der Waals surface area contributed by atoms with E-state index in [0.29, 0.717) is 28.2 Å². The number of Topliss-reactive ketones (excluding diaryl/α,β-unsaturated/α-hetero) is 1. The Labute approximate surface area is 155 Å². The van der Waals surface area contributed by atoms with Gasteiger partial charge in [-0.1, -0.05) is 24.3 Å². The van der Waals surface area contributed by atoms with E-state index in [1.54, 1.807) is 42.7 Å². The summed E-state index contributed by atoms with van der Waals surface area (Å²) in [5.74, 6) is -1.26. The van der Waals surface area contributed by atoms with Gasteiger partial charge in [-0.25, -0.2) is 8.78 Å². The van der Waals surface area contributed by atoms with E-state index in [1.807, 2.05) is 6.07 Å². The molecule has 0 bridgehead atoms. The molecule has 0 saturated carbocycles. The third-order valence-electron chi connectivity index (χ3n) is 4.32. The van der Waals surface area contributed by atoms with Crippen molar-refractivity contribution in [2.75, 3.05) is 0 Å². The van der Waals surface area contributed by atoms with Crippen LogP contribution in [-0.4, -0.2) is 10.4 Å². The summed E-state index contributed by atoms with van der Waals surface area (Å²) >= 11 is 0. The molecule has 3 nitrogen and oxygen atoms in total. The zero-order chi connectivity index (χ0) is 19.6. The lowest BCUT2D eigenvalue weighted by atomic mass is 10.0. The van der Waals surface area contributed by atoms with Gasteiger partial charge in [-0.15, -0.1) is 0 Å². The van der Waals surface area contributed by atoms with Gasteiger partial charge in [0.1, 0.15) is 23.3 Å². The number of nitriles is 1. The summed E-state index contributed by atoms with van der Waals surface area (Å²) < 4.78 is 28.9. The van der Waals surface area contributed by atoms with Crippen LogP contribution in [0.5, 0.6) is 0 Å². The lowest BCUT2D eigenvalue weighted by Gasteiger charge is -2.10. The monoisotopic (exact) mass is 362 g/mol. The van der Waals surface area contributed by atoms with Crippen molar-refractivity contribution in [1.82, 2.24) is 4.57 Å². The SMILES string of the molecule is Cc1cc(C(=O)/C(C#N)=C/c2ccc(F)cc2)c(C)n1-c1ccccc1F. The highest BCUT2D eigenvalue weighted by molar-refractivity contribution is 6.14. The van der Waals surface area contributed by atoms with Gasteiger partial charge < -0.3 is 4.57 Å².